The molecule has 2 unspecified atom stereocenters. The molecule has 1 aromatic carbocycles. The number of aromatic nitrogens is 3. The number of methoxy groups -OCH3 is 1. The van der Waals surface area contributed by atoms with Crippen molar-refractivity contribution in [1.82, 2.24) is 19.7 Å². The van der Waals surface area contributed by atoms with Gasteiger partial charge in [0.1, 0.15) is 11.1 Å². The molecule has 1 fully saturated rings. The quantitative estimate of drug-likeness (QED) is 0.691. The molecule has 0 N–H and O–H groups in total. The second-order valence-electron chi connectivity index (χ2n) is 7.28. The smallest absolute Gasteiger partial charge is 0.308 e. The van der Waals surface area contributed by atoms with Gasteiger partial charge in [-0.15, -0.1) is 5.10 Å². The summed E-state index contributed by atoms with van der Waals surface area (Å²) in [6, 6.07) is 6.04. The fourth-order valence-electron chi connectivity index (χ4n) is 4.01. The lowest BCUT2D eigenvalue weighted by molar-refractivity contribution is -0.147. The first-order chi connectivity index (χ1) is 14.0. The minimum absolute atomic E-state index is 0.110. The van der Waals surface area contributed by atoms with Crippen LogP contribution >= 0.6 is 11.8 Å². The maximum absolute atomic E-state index is 13.5. The Hall–Kier alpha value is -2.26. The van der Waals surface area contributed by atoms with Crippen LogP contribution < -0.4 is 0 Å². The fourth-order valence-corrected chi connectivity index (χ4v) is 5.28. The van der Waals surface area contributed by atoms with Crippen LogP contribution in [0.15, 0.2) is 29.4 Å². The molecule has 29 heavy (non-hydrogen) atoms. The zero-order chi connectivity index (χ0) is 20.5. The molecule has 3 heterocycles. The number of likely N-dealkylation sites (tertiary alicyclic amines) is 1. The number of carbonyl (C=O) groups is 2. The van der Waals surface area contributed by atoms with Crippen LogP contribution in [-0.2, 0) is 16.0 Å². The molecule has 0 spiro atoms. The van der Waals surface area contributed by atoms with E-state index in [4.69, 9.17) is 4.74 Å². The van der Waals surface area contributed by atoms with Gasteiger partial charge in [-0.1, -0.05) is 30.8 Å². The van der Waals surface area contributed by atoms with E-state index in [1.807, 2.05) is 6.92 Å². The topological polar surface area (TPSA) is 77.3 Å². The van der Waals surface area contributed by atoms with E-state index in [0.29, 0.717) is 43.3 Å². The average molecular weight is 418 g/mol. The highest BCUT2D eigenvalue weighted by molar-refractivity contribution is 8.00. The first kappa shape index (κ1) is 20.0. The molecule has 2 aliphatic heterocycles. The van der Waals surface area contributed by atoms with Crippen molar-refractivity contribution in [3.05, 3.63) is 41.5 Å². The van der Waals surface area contributed by atoms with E-state index >= 15 is 0 Å². The van der Waals surface area contributed by atoms with Crippen LogP contribution in [0.1, 0.15) is 42.0 Å². The summed E-state index contributed by atoms with van der Waals surface area (Å²) < 4.78 is 19.8. The molecule has 1 aromatic heterocycles. The van der Waals surface area contributed by atoms with Gasteiger partial charge in [0.25, 0.3) is 5.91 Å². The Balaban J connectivity index is 1.60. The minimum atomic E-state index is -0.420. The number of ether oxygens (including phenoxy) is 1. The predicted molar refractivity (Wildman–Crippen MR) is 105 cm³/mol. The second-order valence-corrected chi connectivity index (χ2v) is 8.39. The molecule has 0 bridgehead atoms. The lowest BCUT2D eigenvalue weighted by Crippen LogP contribution is -2.44. The number of hydrogen-bond acceptors (Lipinski definition) is 7. The van der Waals surface area contributed by atoms with Gasteiger partial charge in [-0.05, 0) is 43.6 Å². The fraction of sp³-hybridized carbons (Fsp3) is 0.500. The van der Waals surface area contributed by atoms with Crippen molar-refractivity contribution in [3.8, 4) is 0 Å². The summed E-state index contributed by atoms with van der Waals surface area (Å²) in [4.78, 5) is 31.7. The molecule has 9 heteroatoms. The van der Waals surface area contributed by atoms with Crippen LogP contribution in [0.4, 0.5) is 4.39 Å². The number of rotatable bonds is 5. The van der Waals surface area contributed by atoms with Crippen LogP contribution in [-0.4, -0.2) is 57.0 Å². The van der Waals surface area contributed by atoms with E-state index < -0.39 is 5.25 Å². The number of halogens is 1. The van der Waals surface area contributed by atoms with Crippen LogP contribution in [0.2, 0.25) is 0 Å². The molecule has 0 radical (unpaired) electrons. The maximum atomic E-state index is 13.5. The van der Waals surface area contributed by atoms with Crippen molar-refractivity contribution < 1.29 is 18.7 Å². The Bertz CT molecular complexity index is 909. The Morgan fingerprint density at radius 2 is 2.00 bits per heavy atom. The van der Waals surface area contributed by atoms with Gasteiger partial charge in [0, 0.05) is 6.42 Å². The number of esters is 1. The summed E-state index contributed by atoms with van der Waals surface area (Å²) >= 11 is 1.41. The largest absolute Gasteiger partial charge is 0.469 e. The summed E-state index contributed by atoms with van der Waals surface area (Å²) in [6.07, 6.45) is 2.00. The number of fused-ring (bicyclic) bond motifs is 1. The first-order valence-electron chi connectivity index (χ1n) is 9.76. The molecule has 4 rings (SSSR count). The Labute approximate surface area is 172 Å². The van der Waals surface area contributed by atoms with Gasteiger partial charge in [-0.2, -0.15) is 4.68 Å². The molecular weight excluding hydrogens is 395 g/mol. The highest BCUT2D eigenvalue weighted by Crippen LogP contribution is 2.42. The normalized spacial score (nSPS) is 21.2. The standard InChI is InChI=1S/C20H23FN4O3S/c1-3-15-22-20-25(23-15)18(26)17(29-20)16(12-4-6-14(21)7-5-12)24-10-8-13(9-11-24)19(27)28-2/h4-7,13,16-17H,3,8-11H2,1-2H3. The van der Waals surface area contributed by atoms with Crippen LogP contribution in [0.3, 0.4) is 0 Å². The van der Waals surface area contributed by atoms with Gasteiger partial charge in [0.05, 0.1) is 19.1 Å². The zero-order valence-corrected chi connectivity index (χ0v) is 17.2. The van der Waals surface area contributed by atoms with Crippen LogP contribution in [0, 0.1) is 11.7 Å². The number of aryl methyl sites for hydroxylation is 1. The van der Waals surface area contributed by atoms with Gasteiger partial charge < -0.3 is 4.74 Å². The lowest BCUT2D eigenvalue weighted by Gasteiger charge is -2.38. The third-order valence-electron chi connectivity index (χ3n) is 5.58. The number of carbonyl (C=O) groups excluding carboxylic acids is 2. The van der Waals surface area contributed by atoms with E-state index in [1.165, 1.54) is 35.7 Å². The van der Waals surface area contributed by atoms with E-state index in [9.17, 15) is 14.0 Å². The number of hydrogen-bond donors (Lipinski definition) is 0. The van der Waals surface area contributed by atoms with Crippen LogP contribution in [0.5, 0.6) is 0 Å². The number of piperidine rings is 1. The third-order valence-corrected chi connectivity index (χ3v) is 6.77. The van der Waals surface area contributed by atoms with Gasteiger partial charge in [-0.25, -0.2) is 9.37 Å². The van der Waals surface area contributed by atoms with Gasteiger partial charge >= 0.3 is 5.97 Å². The third kappa shape index (κ3) is 3.81. The van der Waals surface area contributed by atoms with Crippen molar-refractivity contribution in [2.75, 3.05) is 20.2 Å². The highest BCUT2D eigenvalue weighted by Gasteiger charge is 2.44. The highest BCUT2D eigenvalue weighted by atomic mass is 32.2. The van der Waals surface area contributed by atoms with Crippen LogP contribution in [0.25, 0.3) is 0 Å². The molecule has 154 valence electrons. The SMILES string of the molecule is CCc1nc2n(n1)C(=O)C(C(c1ccc(F)cc1)N1CCC(C(=O)OC)CC1)S2. The summed E-state index contributed by atoms with van der Waals surface area (Å²) in [7, 11) is 1.41. The number of thioether (sulfide) groups is 1. The number of nitrogens with zero attached hydrogens (tertiary/aromatic N) is 4. The van der Waals surface area contributed by atoms with E-state index in [-0.39, 0.29) is 29.7 Å². The number of benzene rings is 1. The molecular formula is C20H23FN4O3S. The molecule has 2 aromatic rings. The maximum Gasteiger partial charge on any atom is 0.308 e. The van der Waals surface area contributed by atoms with Crippen molar-refractivity contribution in [2.45, 2.75) is 42.6 Å². The monoisotopic (exact) mass is 418 g/mol. The summed E-state index contributed by atoms with van der Waals surface area (Å²) in [5, 5.41) is 4.50. The average Bonchev–Trinajstić information content (AvgIpc) is 3.29. The molecule has 2 atom stereocenters. The van der Waals surface area contributed by atoms with E-state index in [1.54, 1.807) is 12.1 Å². The molecule has 7 nitrogen and oxygen atoms in total. The van der Waals surface area contributed by atoms with E-state index in [0.717, 1.165) is 5.56 Å². The zero-order valence-electron chi connectivity index (χ0n) is 16.4. The molecule has 0 amide bonds. The summed E-state index contributed by atoms with van der Waals surface area (Å²) in [5.74, 6) is -0.0883. The summed E-state index contributed by atoms with van der Waals surface area (Å²) in [6.45, 7) is 3.26. The Kier molecular flexibility index (Phi) is 5.69. The van der Waals surface area contributed by atoms with Crippen molar-refractivity contribution in [3.63, 3.8) is 0 Å². The van der Waals surface area contributed by atoms with Crippen molar-refractivity contribution in [1.29, 1.82) is 0 Å². The molecule has 0 saturated carbocycles. The second kappa shape index (κ2) is 8.23. The van der Waals surface area contributed by atoms with Gasteiger partial charge in [0.2, 0.25) is 0 Å². The molecule has 0 aliphatic carbocycles. The van der Waals surface area contributed by atoms with Crippen molar-refractivity contribution >= 4 is 23.6 Å². The Morgan fingerprint density at radius 3 is 2.59 bits per heavy atom. The van der Waals surface area contributed by atoms with E-state index in [2.05, 4.69) is 15.0 Å². The van der Waals surface area contributed by atoms with Crippen molar-refractivity contribution in [2.24, 2.45) is 5.92 Å². The lowest BCUT2D eigenvalue weighted by atomic mass is 9.93. The minimum Gasteiger partial charge on any atom is -0.469 e. The summed E-state index contributed by atoms with van der Waals surface area (Å²) in [5.41, 5.74) is 0.871. The first-order valence-corrected chi connectivity index (χ1v) is 10.6. The van der Waals surface area contributed by atoms with Gasteiger partial charge in [-0.3, -0.25) is 14.5 Å². The Morgan fingerprint density at radius 1 is 1.31 bits per heavy atom. The predicted octanol–water partition coefficient (Wildman–Crippen LogP) is 2.72. The molecule has 1 saturated heterocycles. The van der Waals surface area contributed by atoms with Gasteiger partial charge in [0.15, 0.2) is 11.0 Å². The molecule has 2 aliphatic rings.